The van der Waals surface area contributed by atoms with Crippen LogP contribution in [0.25, 0.3) is 0 Å². The molecule has 0 bridgehead atoms. The molecule has 0 nitrogen and oxygen atoms in total. The first-order valence-electron chi connectivity index (χ1n) is 7.19. The van der Waals surface area contributed by atoms with E-state index in [4.69, 9.17) is 0 Å². The van der Waals surface area contributed by atoms with E-state index in [1.807, 2.05) is 0 Å². The average molecular weight is 232 g/mol. The van der Waals surface area contributed by atoms with Gasteiger partial charge in [0.1, 0.15) is 0 Å². The minimum absolute atomic E-state index is 0.332. The molecule has 0 aromatic heterocycles. The van der Waals surface area contributed by atoms with Crippen molar-refractivity contribution in [2.75, 3.05) is 0 Å². The molecule has 0 heteroatoms. The van der Waals surface area contributed by atoms with Crippen LogP contribution < -0.4 is 0 Å². The number of aryl methyl sites for hydroxylation is 1. The monoisotopic (exact) mass is 232 g/mol. The third kappa shape index (κ3) is 4.53. The predicted octanol–water partition coefficient (Wildman–Crippen LogP) is 5.50. The van der Waals surface area contributed by atoms with Crippen LogP contribution in [0.5, 0.6) is 0 Å². The molecule has 1 rings (SSSR count). The summed E-state index contributed by atoms with van der Waals surface area (Å²) in [4.78, 5) is 0. The Balaban J connectivity index is 2.75. The lowest BCUT2D eigenvalue weighted by atomic mass is 9.79. The Morgan fingerprint density at radius 1 is 1.00 bits per heavy atom. The van der Waals surface area contributed by atoms with E-state index in [-0.39, 0.29) is 0 Å². The van der Waals surface area contributed by atoms with Gasteiger partial charge in [-0.1, -0.05) is 71.2 Å². The maximum Gasteiger partial charge on any atom is -0.0103 e. The Morgan fingerprint density at radius 3 is 2.35 bits per heavy atom. The molecule has 1 aromatic rings. The zero-order valence-corrected chi connectivity index (χ0v) is 12.1. The number of rotatable bonds is 7. The van der Waals surface area contributed by atoms with Crippen molar-refractivity contribution in [1.29, 1.82) is 0 Å². The fourth-order valence-electron chi connectivity index (χ4n) is 2.29. The second-order valence-corrected chi connectivity index (χ2v) is 5.79. The van der Waals surface area contributed by atoms with Gasteiger partial charge in [-0.3, -0.25) is 0 Å². The molecule has 0 amide bonds. The third-order valence-corrected chi connectivity index (χ3v) is 3.68. The topological polar surface area (TPSA) is 0 Å². The minimum atomic E-state index is 0.332. The summed E-state index contributed by atoms with van der Waals surface area (Å²) in [5.41, 5.74) is 3.35. The van der Waals surface area contributed by atoms with Gasteiger partial charge in [0.05, 0.1) is 0 Å². The highest BCUT2D eigenvalue weighted by atomic mass is 14.2. The van der Waals surface area contributed by atoms with Crippen molar-refractivity contribution in [1.82, 2.24) is 0 Å². The molecule has 0 heterocycles. The zero-order valence-electron chi connectivity index (χ0n) is 12.1. The van der Waals surface area contributed by atoms with E-state index in [2.05, 4.69) is 52.0 Å². The largest absolute Gasteiger partial charge is 0.0654 e. The Bertz CT molecular complexity index is 323. The van der Waals surface area contributed by atoms with Crippen LogP contribution >= 0.6 is 0 Å². The van der Waals surface area contributed by atoms with Gasteiger partial charge in [0.25, 0.3) is 0 Å². The highest BCUT2D eigenvalue weighted by Gasteiger charge is 2.19. The molecule has 0 atom stereocenters. The summed E-state index contributed by atoms with van der Waals surface area (Å²) in [5.74, 6) is 0. The van der Waals surface area contributed by atoms with Crippen molar-refractivity contribution in [2.45, 2.75) is 71.6 Å². The van der Waals surface area contributed by atoms with Gasteiger partial charge in [0.2, 0.25) is 0 Å². The Labute approximate surface area is 107 Å². The van der Waals surface area contributed by atoms with E-state index in [1.54, 1.807) is 0 Å². The number of hydrogen-bond acceptors (Lipinski definition) is 0. The molecule has 0 aliphatic rings. The van der Waals surface area contributed by atoms with Crippen LogP contribution in [-0.2, 0) is 11.8 Å². The summed E-state index contributed by atoms with van der Waals surface area (Å²) in [5, 5.41) is 0. The number of benzene rings is 1. The smallest absolute Gasteiger partial charge is 0.0103 e. The molecular formula is C17H28. The van der Waals surface area contributed by atoms with Crippen LogP contribution in [0.3, 0.4) is 0 Å². The van der Waals surface area contributed by atoms with Crippen LogP contribution in [0.2, 0.25) is 0 Å². The fourth-order valence-corrected chi connectivity index (χ4v) is 2.29. The molecule has 0 unspecified atom stereocenters. The molecule has 0 aliphatic carbocycles. The van der Waals surface area contributed by atoms with Crippen LogP contribution in [0.15, 0.2) is 24.3 Å². The lowest BCUT2D eigenvalue weighted by Gasteiger charge is -2.25. The van der Waals surface area contributed by atoms with Crippen molar-refractivity contribution in [3.8, 4) is 0 Å². The lowest BCUT2D eigenvalue weighted by molar-refractivity contribution is 0.457. The molecular weight excluding hydrogens is 204 g/mol. The normalized spacial score (nSPS) is 11.8. The minimum Gasteiger partial charge on any atom is -0.0654 e. The summed E-state index contributed by atoms with van der Waals surface area (Å²) >= 11 is 0. The molecule has 0 radical (unpaired) electrons. The van der Waals surface area contributed by atoms with Crippen molar-refractivity contribution >= 4 is 0 Å². The molecule has 1 aromatic carbocycles. The van der Waals surface area contributed by atoms with Crippen molar-refractivity contribution < 1.29 is 0 Å². The van der Waals surface area contributed by atoms with Crippen LogP contribution in [0.4, 0.5) is 0 Å². The van der Waals surface area contributed by atoms with Gasteiger partial charge in [-0.25, -0.2) is 0 Å². The predicted molar refractivity (Wildman–Crippen MR) is 77.6 cm³/mol. The summed E-state index contributed by atoms with van der Waals surface area (Å²) in [7, 11) is 0. The van der Waals surface area contributed by atoms with Crippen LogP contribution in [0, 0.1) is 0 Å². The first-order valence-corrected chi connectivity index (χ1v) is 7.19. The van der Waals surface area contributed by atoms with Crippen LogP contribution in [0.1, 0.15) is 70.9 Å². The van der Waals surface area contributed by atoms with E-state index >= 15 is 0 Å². The molecule has 0 aliphatic heterocycles. The first kappa shape index (κ1) is 14.3. The van der Waals surface area contributed by atoms with Gasteiger partial charge in [0, 0.05) is 0 Å². The molecule has 96 valence electrons. The summed E-state index contributed by atoms with van der Waals surface area (Å²) in [6.07, 6.45) is 7.72. The van der Waals surface area contributed by atoms with Crippen molar-refractivity contribution in [3.05, 3.63) is 35.4 Å². The van der Waals surface area contributed by atoms with E-state index < -0.39 is 0 Å². The van der Waals surface area contributed by atoms with Gasteiger partial charge in [-0.15, -0.1) is 0 Å². The van der Waals surface area contributed by atoms with Gasteiger partial charge in [-0.05, 0) is 35.8 Å². The second kappa shape index (κ2) is 6.83. The molecule has 0 spiro atoms. The number of unbranched alkanes of at least 4 members (excludes halogenated alkanes) is 2. The molecule has 0 saturated carbocycles. The Hall–Kier alpha value is -0.780. The molecule has 0 N–H and O–H groups in total. The van der Waals surface area contributed by atoms with E-state index in [9.17, 15) is 0 Å². The fraction of sp³-hybridized carbons (Fsp3) is 0.647. The summed E-state index contributed by atoms with van der Waals surface area (Å²) in [6, 6.07) is 9.22. The maximum atomic E-state index is 2.42. The zero-order chi connectivity index (χ0) is 12.7. The summed E-state index contributed by atoms with van der Waals surface area (Å²) < 4.78 is 0. The third-order valence-electron chi connectivity index (χ3n) is 3.68. The number of hydrogen-bond donors (Lipinski definition) is 0. The molecule has 0 fully saturated rings. The molecule has 17 heavy (non-hydrogen) atoms. The lowest BCUT2D eigenvalue weighted by Crippen LogP contribution is -2.17. The van der Waals surface area contributed by atoms with E-state index in [0.29, 0.717) is 5.41 Å². The Morgan fingerprint density at radius 2 is 1.71 bits per heavy atom. The second-order valence-electron chi connectivity index (χ2n) is 5.79. The van der Waals surface area contributed by atoms with Gasteiger partial charge < -0.3 is 0 Å². The average Bonchev–Trinajstić information content (AvgIpc) is 2.34. The van der Waals surface area contributed by atoms with Gasteiger partial charge in [0.15, 0.2) is 0 Å². The van der Waals surface area contributed by atoms with E-state index in [1.165, 1.54) is 49.7 Å². The highest BCUT2D eigenvalue weighted by molar-refractivity contribution is 5.29. The first-order chi connectivity index (χ1) is 8.10. The standard InChI is InChI=1S/C17H28/c1-5-7-10-15-11-9-12-16(14-15)17(3,4)13-8-6-2/h9,11-12,14H,5-8,10,13H2,1-4H3. The SMILES string of the molecule is CCCCc1cccc(C(C)(C)CCCC)c1. The summed E-state index contributed by atoms with van der Waals surface area (Å²) in [6.45, 7) is 9.28. The quantitative estimate of drug-likeness (QED) is 0.582. The van der Waals surface area contributed by atoms with Crippen molar-refractivity contribution in [2.24, 2.45) is 0 Å². The Kier molecular flexibility index (Phi) is 5.74. The van der Waals surface area contributed by atoms with Gasteiger partial charge in [-0.2, -0.15) is 0 Å². The molecule has 0 saturated heterocycles. The van der Waals surface area contributed by atoms with Crippen LogP contribution in [-0.4, -0.2) is 0 Å². The maximum absolute atomic E-state index is 2.42. The van der Waals surface area contributed by atoms with Crippen molar-refractivity contribution in [3.63, 3.8) is 0 Å². The van der Waals surface area contributed by atoms with E-state index in [0.717, 1.165) is 0 Å². The highest BCUT2D eigenvalue weighted by Crippen LogP contribution is 2.29. The van der Waals surface area contributed by atoms with Gasteiger partial charge >= 0.3 is 0 Å².